The fraction of sp³-hybridized carbons (Fsp3) is 0.278. The van der Waals surface area contributed by atoms with Gasteiger partial charge in [-0.25, -0.2) is 8.42 Å². The van der Waals surface area contributed by atoms with E-state index >= 15 is 0 Å². The predicted molar refractivity (Wildman–Crippen MR) is 102 cm³/mol. The zero-order valence-electron chi connectivity index (χ0n) is 14.7. The molecule has 6 nitrogen and oxygen atoms in total. The number of methoxy groups -OCH3 is 1. The SMILES string of the molecule is COc1ccc(NC(=O)C(NS(=O)(=O)c2ccccc2)C(C)C)cc1Cl. The number of carbonyl (C=O) groups is 1. The molecule has 2 aromatic rings. The van der Waals surface area contributed by atoms with Gasteiger partial charge in [-0.2, -0.15) is 4.72 Å². The molecule has 2 N–H and O–H groups in total. The average Bonchev–Trinajstić information content (AvgIpc) is 2.60. The quantitative estimate of drug-likeness (QED) is 0.752. The van der Waals surface area contributed by atoms with Crippen molar-refractivity contribution in [2.24, 2.45) is 5.92 Å². The van der Waals surface area contributed by atoms with Crippen molar-refractivity contribution in [2.75, 3.05) is 12.4 Å². The number of hydrogen-bond acceptors (Lipinski definition) is 4. The number of benzene rings is 2. The molecule has 0 saturated heterocycles. The summed E-state index contributed by atoms with van der Waals surface area (Å²) < 4.78 is 32.6. The highest BCUT2D eigenvalue weighted by Crippen LogP contribution is 2.27. The first kappa shape index (κ1) is 20.2. The van der Waals surface area contributed by atoms with E-state index in [1.54, 1.807) is 50.2 Å². The monoisotopic (exact) mass is 396 g/mol. The highest BCUT2D eigenvalue weighted by atomic mass is 35.5. The second-order valence-electron chi connectivity index (χ2n) is 5.99. The maximum Gasteiger partial charge on any atom is 0.242 e. The Balaban J connectivity index is 2.19. The van der Waals surface area contributed by atoms with Crippen molar-refractivity contribution in [2.45, 2.75) is 24.8 Å². The minimum absolute atomic E-state index is 0.103. The minimum atomic E-state index is -3.82. The molecule has 0 spiro atoms. The summed E-state index contributed by atoms with van der Waals surface area (Å²) in [7, 11) is -2.32. The highest BCUT2D eigenvalue weighted by molar-refractivity contribution is 7.89. The van der Waals surface area contributed by atoms with Crippen LogP contribution in [-0.2, 0) is 14.8 Å². The average molecular weight is 397 g/mol. The van der Waals surface area contributed by atoms with E-state index in [0.717, 1.165) is 0 Å². The lowest BCUT2D eigenvalue weighted by Crippen LogP contribution is -2.47. The van der Waals surface area contributed by atoms with Crippen LogP contribution in [0.4, 0.5) is 5.69 Å². The predicted octanol–water partition coefficient (Wildman–Crippen LogP) is 3.29. The molecule has 0 aliphatic rings. The lowest BCUT2D eigenvalue weighted by Gasteiger charge is -2.22. The van der Waals surface area contributed by atoms with Gasteiger partial charge in [-0.1, -0.05) is 43.6 Å². The molecule has 2 aromatic carbocycles. The van der Waals surface area contributed by atoms with Crippen LogP contribution < -0.4 is 14.8 Å². The summed E-state index contributed by atoms with van der Waals surface area (Å²) in [6.45, 7) is 3.53. The normalized spacial score (nSPS) is 12.7. The molecular formula is C18H21ClN2O4S. The molecule has 0 saturated carbocycles. The molecule has 140 valence electrons. The minimum Gasteiger partial charge on any atom is -0.495 e. The van der Waals surface area contributed by atoms with Gasteiger partial charge in [0.25, 0.3) is 0 Å². The topological polar surface area (TPSA) is 84.5 Å². The van der Waals surface area contributed by atoms with Gasteiger partial charge in [0.2, 0.25) is 15.9 Å². The second-order valence-corrected chi connectivity index (χ2v) is 8.12. The van der Waals surface area contributed by atoms with Gasteiger partial charge in [0.1, 0.15) is 11.8 Å². The molecule has 26 heavy (non-hydrogen) atoms. The number of ether oxygens (including phenoxy) is 1. The summed E-state index contributed by atoms with van der Waals surface area (Å²) >= 11 is 6.05. The largest absolute Gasteiger partial charge is 0.495 e. The van der Waals surface area contributed by atoms with E-state index in [2.05, 4.69) is 10.0 Å². The summed E-state index contributed by atoms with van der Waals surface area (Å²) in [5, 5.41) is 3.03. The van der Waals surface area contributed by atoms with Crippen LogP contribution in [0.25, 0.3) is 0 Å². The number of sulfonamides is 1. The Morgan fingerprint density at radius 3 is 2.31 bits per heavy atom. The van der Waals surface area contributed by atoms with E-state index < -0.39 is 22.0 Å². The van der Waals surface area contributed by atoms with E-state index in [9.17, 15) is 13.2 Å². The Bertz CT molecular complexity index is 870. The van der Waals surface area contributed by atoms with E-state index in [0.29, 0.717) is 16.5 Å². The lowest BCUT2D eigenvalue weighted by atomic mass is 10.0. The summed E-state index contributed by atoms with van der Waals surface area (Å²) in [4.78, 5) is 12.7. The third-order valence-corrected chi connectivity index (χ3v) is 5.46. The number of amides is 1. The van der Waals surface area contributed by atoms with Gasteiger partial charge in [-0.15, -0.1) is 0 Å². The first-order chi connectivity index (χ1) is 12.2. The van der Waals surface area contributed by atoms with Crippen LogP contribution in [0, 0.1) is 5.92 Å². The Labute approximate surface area is 158 Å². The van der Waals surface area contributed by atoms with Crippen LogP contribution in [0.1, 0.15) is 13.8 Å². The van der Waals surface area contributed by atoms with Crippen LogP contribution in [0.15, 0.2) is 53.4 Å². The van der Waals surface area contributed by atoms with Crippen molar-refractivity contribution >= 4 is 33.2 Å². The van der Waals surface area contributed by atoms with Gasteiger partial charge in [0.15, 0.2) is 0 Å². The van der Waals surface area contributed by atoms with Crippen LogP contribution in [-0.4, -0.2) is 27.5 Å². The third-order valence-electron chi connectivity index (χ3n) is 3.70. The van der Waals surface area contributed by atoms with Gasteiger partial charge in [0.05, 0.1) is 17.0 Å². The molecule has 1 atom stereocenters. The fourth-order valence-electron chi connectivity index (χ4n) is 2.29. The zero-order chi connectivity index (χ0) is 19.3. The van der Waals surface area contributed by atoms with Crippen molar-refractivity contribution in [3.05, 3.63) is 53.6 Å². The smallest absolute Gasteiger partial charge is 0.242 e. The highest BCUT2D eigenvalue weighted by Gasteiger charge is 2.28. The Morgan fingerprint density at radius 2 is 1.77 bits per heavy atom. The third kappa shape index (κ3) is 4.97. The molecular weight excluding hydrogens is 376 g/mol. The molecule has 0 heterocycles. The van der Waals surface area contributed by atoms with E-state index in [-0.39, 0.29) is 10.8 Å². The maximum atomic E-state index is 12.6. The van der Waals surface area contributed by atoms with Gasteiger partial charge in [0, 0.05) is 5.69 Å². The van der Waals surface area contributed by atoms with Crippen LogP contribution in [0.5, 0.6) is 5.75 Å². The van der Waals surface area contributed by atoms with E-state index in [1.165, 1.54) is 19.2 Å². The van der Waals surface area contributed by atoms with Gasteiger partial charge in [-0.05, 0) is 36.2 Å². The molecule has 0 aliphatic heterocycles. The summed E-state index contributed by atoms with van der Waals surface area (Å²) in [6.07, 6.45) is 0. The van der Waals surface area contributed by atoms with Crippen molar-refractivity contribution in [3.63, 3.8) is 0 Å². The molecule has 0 aromatic heterocycles. The van der Waals surface area contributed by atoms with Crippen molar-refractivity contribution in [1.29, 1.82) is 0 Å². The second kappa shape index (κ2) is 8.53. The van der Waals surface area contributed by atoms with Crippen molar-refractivity contribution in [1.82, 2.24) is 4.72 Å². The fourth-order valence-corrected chi connectivity index (χ4v) is 3.91. The number of carbonyl (C=O) groups excluding carboxylic acids is 1. The summed E-state index contributed by atoms with van der Waals surface area (Å²) in [5.41, 5.74) is 0.449. The first-order valence-corrected chi connectivity index (χ1v) is 9.82. The maximum absolute atomic E-state index is 12.6. The molecule has 1 unspecified atom stereocenters. The Hall–Kier alpha value is -2.09. The van der Waals surface area contributed by atoms with Crippen LogP contribution in [0.3, 0.4) is 0 Å². The zero-order valence-corrected chi connectivity index (χ0v) is 16.3. The summed E-state index contributed by atoms with van der Waals surface area (Å²) in [5.74, 6) is -0.252. The number of hydrogen-bond donors (Lipinski definition) is 2. The lowest BCUT2D eigenvalue weighted by molar-refractivity contribution is -0.118. The molecule has 0 aliphatic carbocycles. The molecule has 0 radical (unpaired) electrons. The molecule has 0 bridgehead atoms. The molecule has 0 fully saturated rings. The first-order valence-electron chi connectivity index (χ1n) is 7.96. The van der Waals surface area contributed by atoms with Crippen LogP contribution >= 0.6 is 11.6 Å². The van der Waals surface area contributed by atoms with Crippen molar-refractivity contribution < 1.29 is 17.9 Å². The summed E-state index contributed by atoms with van der Waals surface area (Å²) in [6, 6.07) is 11.8. The number of anilines is 1. The Kier molecular flexibility index (Phi) is 6.63. The van der Waals surface area contributed by atoms with Gasteiger partial charge >= 0.3 is 0 Å². The van der Waals surface area contributed by atoms with Gasteiger partial charge in [-0.3, -0.25) is 4.79 Å². The molecule has 8 heteroatoms. The van der Waals surface area contributed by atoms with E-state index in [4.69, 9.17) is 16.3 Å². The number of rotatable bonds is 7. The van der Waals surface area contributed by atoms with Gasteiger partial charge < -0.3 is 10.1 Å². The van der Waals surface area contributed by atoms with E-state index in [1.807, 2.05) is 0 Å². The number of nitrogens with one attached hydrogen (secondary N) is 2. The standard InChI is InChI=1S/C18H21ClN2O4S/c1-12(2)17(21-26(23,24)14-7-5-4-6-8-14)18(22)20-13-9-10-16(25-3)15(19)11-13/h4-12,17,21H,1-3H3,(H,20,22). The molecule has 2 rings (SSSR count). The van der Waals surface area contributed by atoms with Crippen molar-refractivity contribution in [3.8, 4) is 5.75 Å². The Morgan fingerprint density at radius 1 is 1.12 bits per heavy atom. The molecule has 1 amide bonds. The number of halogens is 1. The van der Waals surface area contributed by atoms with Crippen LogP contribution in [0.2, 0.25) is 5.02 Å².